The Bertz CT molecular complexity index is 631. The van der Waals surface area contributed by atoms with Gasteiger partial charge in [-0.25, -0.2) is 0 Å². The lowest BCUT2D eigenvalue weighted by molar-refractivity contribution is 0.120. The minimum absolute atomic E-state index is 0. The molecule has 2 heterocycles. The lowest BCUT2D eigenvalue weighted by Gasteiger charge is -2.38. The van der Waals surface area contributed by atoms with Gasteiger partial charge in [0, 0.05) is 64.1 Å². The van der Waals surface area contributed by atoms with E-state index in [-0.39, 0.29) is 24.0 Å². The average Bonchev–Trinajstić information content (AvgIpc) is 2.74. The van der Waals surface area contributed by atoms with Gasteiger partial charge < -0.3 is 24.8 Å². The van der Waals surface area contributed by atoms with Crippen LogP contribution in [0.25, 0.3) is 0 Å². The van der Waals surface area contributed by atoms with Crippen molar-refractivity contribution < 1.29 is 4.74 Å². The molecule has 2 saturated heterocycles. The summed E-state index contributed by atoms with van der Waals surface area (Å²) in [7, 11) is 3.66. The fourth-order valence-corrected chi connectivity index (χ4v) is 4.24. The van der Waals surface area contributed by atoms with E-state index in [0.29, 0.717) is 0 Å². The summed E-state index contributed by atoms with van der Waals surface area (Å²) in [5, 5.41) is 4.42. The third-order valence-electron chi connectivity index (χ3n) is 5.83. The summed E-state index contributed by atoms with van der Waals surface area (Å²) in [5.74, 6) is 1.76. The highest BCUT2D eigenvalue weighted by molar-refractivity contribution is 14.0. The first-order chi connectivity index (χ1) is 13.7. The number of methoxy groups -OCH3 is 1. The Labute approximate surface area is 197 Å². The van der Waals surface area contributed by atoms with Crippen molar-refractivity contribution in [3.8, 4) is 0 Å². The summed E-state index contributed by atoms with van der Waals surface area (Å²) in [6.07, 6.45) is 2.49. The number of piperazine rings is 1. The van der Waals surface area contributed by atoms with Gasteiger partial charge in [0.2, 0.25) is 0 Å². The lowest BCUT2D eigenvalue weighted by atomic mass is 9.97. The highest BCUT2D eigenvalue weighted by Crippen LogP contribution is 2.21. The molecular weight excluding hydrogens is 501 g/mol. The second-order valence-corrected chi connectivity index (χ2v) is 8.10. The number of anilines is 1. The van der Waals surface area contributed by atoms with Crippen LogP contribution >= 0.6 is 35.6 Å². The van der Waals surface area contributed by atoms with Gasteiger partial charge >= 0.3 is 0 Å². The largest absolute Gasteiger partial charge is 0.383 e. The Balaban J connectivity index is 0.00000300. The molecule has 1 aromatic rings. The van der Waals surface area contributed by atoms with Crippen LogP contribution in [0.3, 0.4) is 0 Å². The third-order valence-corrected chi connectivity index (χ3v) is 6.07. The van der Waals surface area contributed by atoms with Gasteiger partial charge in [0.1, 0.15) is 0 Å². The number of piperidine rings is 1. The molecule has 0 spiro atoms. The number of benzene rings is 1. The Morgan fingerprint density at radius 2 is 1.90 bits per heavy atom. The number of ether oxygens (including phenoxy) is 1. The Hall–Kier alpha value is -0.770. The van der Waals surface area contributed by atoms with E-state index in [9.17, 15) is 0 Å². The predicted octanol–water partition coefficient (Wildman–Crippen LogP) is 3.01. The van der Waals surface area contributed by atoms with Crippen molar-refractivity contribution in [1.82, 2.24) is 15.1 Å². The number of likely N-dealkylation sites (tertiary alicyclic amines) is 1. The lowest BCUT2D eigenvalue weighted by Crippen LogP contribution is -2.53. The van der Waals surface area contributed by atoms with Crippen molar-refractivity contribution in [2.75, 3.05) is 78.0 Å². The maximum atomic E-state index is 6.14. The van der Waals surface area contributed by atoms with Crippen molar-refractivity contribution in [1.29, 1.82) is 0 Å². The summed E-state index contributed by atoms with van der Waals surface area (Å²) in [4.78, 5) is 11.8. The molecule has 164 valence electrons. The number of guanidine groups is 1. The standard InChI is InChI=1S/C21H34ClN5O.HI/c1-23-21(24-17-18-6-8-25(9-7-18)14-15-28-2)27-12-10-26(11-13-27)20-5-3-4-19(22)16-20;/h3-5,16,18H,6-15,17H2,1-2H3,(H,23,24);1H. The quantitative estimate of drug-likeness (QED) is 0.345. The van der Waals surface area contributed by atoms with Crippen LogP contribution in [0.2, 0.25) is 5.02 Å². The van der Waals surface area contributed by atoms with Crippen molar-refractivity contribution >= 4 is 47.2 Å². The molecule has 0 bridgehead atoms. The fraction of sp³-hybridized carbons (Fsp3) is 0.667. The number of nitrogens with zero attached hydrogens (tertiary/aromatic N) is 4. The minimum atomic E-state index is 0. The first kappa shape index (κ1) is 24.5. The second-order valence-electron chi connectivity index (χ2n) is 7.66. The summed E-state index contributed by atoms with van der Waals surface area (Å²) in [5.41, 5.74) is 1.20. The molecule has 2 aliphatic rings. The highest BCUT2D eigenvalue weighted by Gasteiger charge is 2.22. The first-order valence-electron chi connectivity index (χ1n) is 10.4. The summed E-state index contributed by atoms with van der Waals surface area (Å²) in [6, 6.07) is 8.12. The van der Waals surface area contributed by atoms with Gasteiger partial charge in [-0.15, -0.1) is 24.0 Å². The molecule has 29 heavy (non-hydrogen) atoms. The van der Waals surface area contributed by atoms with E-state index in [0.717, 1.165) is 62.8 Å². The van der Waals surface area contributed by atoms with E-state index in [1.165, 1.54) is 31.6 Å². The molecule has 0 atom stereocenters. The number of hydrogen-bond acceptors (Lipinski definition) is 4. The van der Waals surface area contributed by atoms with Crippen LogP contribution < -0.4 is 10.2 Å². The molecule has 0 aliphatic carbocycles. The fourth-order valence-electron chi connectivity index (χ4n) is 4.05. The van der Waals surface area contributed by atoms with Gasteiger partial charge in [0.15, 0.2) is 5.96 Å². The highest BCUT2D eigenvalue weighted by atomic mass is 127. The molecule has 1 aromatic carbocycles. The van der Waals surface area contributed by atoms with Gasteiger partial charge in [-0.2, -0.15) is 0 Å². The van der Waals surface area contributed by atoms with E-state index < -0.39 is 0 Å². The van der Waals surface area contributed by atoms with Crippen LogP contribution in [-0.2, 0) is 4.74 Å². The monoisotopic (exact) mass is 535 g/mol. The average molecular weight is 536 g/mol. The molecule has 2 aliphatic heterocycles. The number of hydrogen-bond donors (Lipinski definition) is 1. The summed E-state index contributed by atoms with van der Waals surface area (Å²) >= 11 is 6.14. The number of aliphatic imine (C=N–C) groups is 1. The molecule has 0 amide bonds. The van der Waals surface area contributed by atoms with Crippen LogP contribution in [0.15, 0.2) is 29.3 Å². The van der Waals surface area contributed by atoms with E-state index in [2.05, 4.69) is 31.1 Å². The van der Waals surface area contributed by atoms with Gasteiger partial charge in [-0.3, -0.25) is 4.99 Å². The maximum absolute atomic E-state index is 6.14. The van der Waals surface area contributed by atoms with Gasteiger partial charge in [0.05, 0.1) is 6.61 Å². The Kier molecular flexibility index (Phi) is 10.8. The van der Waals surface area contributed by atoms with Crippen molar-refractivity contribution in [2.45, 2.75) is 12.8 Å². The van der Waals surface area contributed by atoms with Crippen molar-refractivity contribution in [2.24, 2.45) is 10.9 Å². The van der Waals surface area contributed by atoms with Crippen molar-refractivity contribution in [3.63, 3.8) is 0 Å². The number of nitrogens with one attached hydrogen (secondary N) is 1. The molecule has 8 heteroatoms. The zero-order valence-electron chi connectivity index (χ0n) is 17.6. The molecule has 3 rings (SSSR count). The molecule has 0 unspecified atom stereocenters. The molecule has 0 radical (unpaired) electrons. The zero-order chi connectivity index (χ0) is 19.8. The van der Waals surface area contributed by atoms with Crippen molar-refractivity contribution in [3.05, 3.63) is 29.3 Å². The molecule has 0 saturated carbocycles. The first-order valence-corrected chi connectivity index (χ1v) is 10.7. The zero-order valence-corrected chi connectivity index (χ0v) is 20.7. The van der Waals surface area contributed by atoms with Crippen LogP contribution in [0.1, 0.15) is 12.8 Å². The second kappa shape index (κ2) is 12.8. The number of halogens is 2. The van der Waals surface area contributed by atoms with Crippen LogP contribution in [0.4, 0.5) is 5.69 Å². The van der Waals surface area contributed by atoms with E-state index in [1.54, 1.807) is 7.11 Å². The van der Waals surface area contributed by atoms with Crippen LogP contribution in [0, 0.1) is 5.92 Å². The smallest absolute Gasteiger partial charge is 0.193 e. The predicted molar refractivity (Wildman–Crippen MR) is 133 cm³/mol. The van der Waals surface area contributed by atoms with E-state index in [4.69, 9.17) is 16.3 Å². The normalized spacial score (nSPS) is 19.2. The van der Waals surface area contributed by atoms with Gasteiger partial charge in [0.25, 0.3) is 0 Å². The molecule has 0 aromatic heterocycles. The molecule has 2 fully saturated rings. The molecule has 6 nitrogen and oxygen atoms in total. The van der Waals surface area contributed by atoms with E-state index >= 15 is 0 Å². The summed E-state index contributed by atoms with van der Waals surface area (Å²) in [6.45, 7) is 9.16. The minimum Gasteiger partial charge on any atom is -0.383 e. The topological polar surface area (TPSA) is 43.3 Å². The van der Waals surface area contributed by atoms with Gasteiger partial charge in [-0.1, -0.05) is 17.7 Å². The maximum Gasteiger partial charge on any atom is 0.193 e. The Morgan fingerprint density at radius 1 is 1.17 bits per heavy atom. The summed E-state index contributed by atoms with van der Waals surface area (Å²) < 4.78 is 5.19. The SMILES string of the molecule is CN=C(NCC1CCN(CCOC)CC1)N1CCN(c2cccc(Cl)c2)CC1.I. The third kappa shape index (κ3) is 7.45. The Morgan fingerprint density at radius 3 is 2.52 bits per heavy atom. The molecule has 1 N–H and O–H groups in total. The van der Waals surface area contributed by atoms with Crippen LogP contribution in [-0.4, -0.2) is 88.9 Å². The van der Waals surface area contributed by atoms with Crippen LogP contribution in [0.5, 0.6) is 0 Å². The number of rotatable bonds is 6. The van der Waals surface area contributed by atoms with Gasteiger partial charge in [-0.05, 0) is 50.0 Å². The molecular formula is C21H35ClIN5O. The van der Waals surface area contributed by atoms with E-state index in [1.807, 2.05) is 25.2 Å².